The summed E-state index contributed by atoms with van der Waals surface area (Å²) in [5.74, 6) is -0.563. The van der Waals surface area contributed by atoms with E-state index in [1.165, 1.54) is 4.90 Å². The van der Waals surface area contributed by atoms with Crippen LogP contribution in [0.4, 0.5) is 10.2 Å². The number of hydrogen-bond acceptors (Lipinski definition) is 5. The molecule has 1 aliphatic rings. The number of benzene rings is 1. The van der Waals surface area contributed by atoms with Gasteiger partial charge < -0.3 is 0 Å². The number of nitrogens with zero attached hydrogens (tertiary/aromatic N) is 4. The van der Waals surface area contributed by atoms with Crippen LogP contribution < -0.4 is 9.62 Å². The lowest BCUT2D eigenvalue weighted by Crippen LogP contribution is -2.52. The molecule has 1 atom stereocenters. The van der Waals surface area contributed by atoms with Gasteiger partial charge in [-0.3, -0.25) is 9.69 Å². The van der Waals surface area contributed by atoms with Crippen LogP contribution in [0.5, 0.6) is 0 Å². The molecule has 142 valence electrons. The number of carbonyl (C=O) groups excluding carboxylic acids is 1. The van der Waals surface area contributed by atoms with Gasteiger partial charge in [0.25, 0.3) is 0 Å². The summed E-state index contributed by atoms with van der Waals surface area (Å²) < 4.78 is 42.7. The van der Waals surface area contributed by atoms with Crippen molar-refractivity contribution in [1.82, 2.24) is 14.5 Å². The zero-order valence-electron chi connectivity index (χ0n) is 14.6. The summed E-state index contributed by atoms with van der Waals surface area (Å²) >= 11 is 0. The van der Waals surface area contributed by atoms with Gasteiger partial charge in [0.15, 0.2) is 0 Å². The number of hydrogen-bond donors (Lipinski definition) is 1. The Morgan fingerprint density at radius 2 is 2.19 bits per heavy atom. The van der Waals surface area contributed by atoms with Gasteiger partial charge in [0.2, 0.25) is 15.9 Å². The van der Waals surface area contributed by atoms with Crippen LogP contribution in [-0.4, -0.2) is 36.7 Å². The molecule has 27 heavy (non-hydrogen) atoms. The van der Waals surface area contributed by atoms with E-state index in [-0.39, 0.29) is 16.4 Å². The van der Waals surface area contributed by atoms with Crippen molar-refractivity contribution in [3.05, 3.63) is 41.8 Å². The van der Waals surface area contributed by atoms with Crippen molar-refractivity contribution < 1.29 is 17.6 Å². The van der Waals surface area contributed by atoms with E-state index < -0.39 is 21.9 Å². The normalized spacial score (nSPS) is 17.7. The minimum atomic E-state index is -4.09. The van der Waals surface area contributed by atoms with Gasteiger partial charge in [-0.1, -0.05) is 0 Å². The fourth-order valence-corrected chi connectivity index (χ4v) is 4.27. The molecule has 1 fully saturated rings. The Bertz CT molecular complexity index is 1010. The average Bonchev–Trinajstić information content (AvgIpc) is 3.12. The maximum absolute atomic E-state index is 13.5. The van der Waals surface area contributed by atoms with E-state index in [0.29, 0.717) is 31.7 Å². The van der Waals surface area contributed by atoms with E-state index in [1.54, 1.807) is 23.0 Å². The van der Waals surface area contributed by atoms with Crippen molar-refractivity contribution in [3.63, 3.8) is 0 Å². The zero-order chi connectivity index (χ0) is 19.6. The first-order valence-corrected chi connectivity index (χ1v) is 9.91. The molecule has 0 radical (unpaired) electrons. The van der Waals surface area contributed by atoms with E-state index in [9.17, 15) is 17.6 Å². The molecule has 1 amide bonds. The molecule has 1 aromatic carbocycles. The third kappa shape index (κ3) is 3.70. The predicted molar refractivity (Wildman–Crippen MR) is 94.7 cm³/mol. The van der Waals surface area contributed by atoms with Crippen molar-refractivity contribution in [2.45, 2.75) is 37.2 Å². The van der Waals surface area contributed by atoms with Crippen molar-refractivity contribution in [2.24, 2.45) is 0 Å². The van der Waals surface area contributed by atoms with Gasteiger partial charge in [-0.25, -0.2) is 17.5 Å². The second kappa shape index (κ2) is 7.46. The Morgan fingerprint density at radius 3 is 2.89 bits per heavy atom. The monoisotopic (exact) mass is 391 g/mol. The van der Waals surface area contributed by atoms with Crippen LogP contribution in [0.15, 0.2) is 35.4 Å². The van der Waals surface area contributed by atoms with Crippen molar-refractivity contribution in [1.29, 1.82) is 5.26 Å². The summed E-state index contributed by atoms with van der Waals surface area (Å²) in [5, 5.41) is 13.0. The second-order valence-electron chi connectivity index (χ2n) is 6.06. The first-order chi connectivity index (χ1) is 12.9. The first kappa shape index (κ1) is 19.0. The fraction of sp³-hybridized carbons (Fsp3) is 0.353. The van der Waals surface area contributed by atoms with Gasteiger partial charge in [0, 0.05) is 19.2 Å². The molecule has 1 aliphatic heterocycles. The zero-order valence-corrected chi connectivity index (χ0v) is 15.4. The number of piperidine rings is 1. The predicted octanol–water partition coefficient (Wildman–Crippen LogP) is 1.39. The number of sulfonamides is 1. The molecule has 0 aliphatic carbocycles. The maximum Gasteiger partial charge on any atom is 0.246 e. The molecule has 3 rings (SSSR count). The molecule has 0 bridgehead atoms. The van der Waals surface area contributed by atoms with Crippen LogP contribution in [0.1, 0.15) is 25.3 Å². The Balaban J connectivity index is 1.84. The number of aryl methyl sites for hydroxylation is 1. The molecule has 0 unspecified atom stereocenters. The van der Waals surface area contributed by atoms with Crippen molar-refractivity contribution in [3.8, 4) is 6.07 Å². The summed E-state index contributed by atoms with van der Waals surface area (Å²) in [4.78, 5) is 14.1. The number of anilines is 1. The highest BCUT2D eigenvalue weighted by atomic mass is 32.2. The van der Waals surface area contributed by atoms with E-state index in [2.05, 4.69) is 9.82 Å². The Hall–Kier alpha value is -2.77. The van der Waals surface area contributed by atoms with Crippen LogP contribution in [-0.2, 0) is 21.4 Å². The molecular weight excluding hydrogens is 373 g/mol. The Morgan fingerprint density at radius 1 is 1.41 bits per heavy atom. The minimum Gasteiger partial charge on any atom is -0.296 e. The van der Waals surface area contributed by atoms with Gasteiger partial charge in [0.1, 0.15) is 23.7 Å². The largest absolute Gasteiger partial charge is 0.296 e. The summed E-state index contributed by atoms with van der Waals surface area (Å²) in [6, 6.07) is 5.30. The number of aromatic nitrogens is 2. The molecule has 0 saturated carbocycles. The lowest BCUT2D eigenvalue weighted by Gasteiger charge is -2.32. The minimum absolute atomic E-state index is 0.260. The van der Waals surface area contributed by atoms with Gasteiger partial charge in [-0.2, -0.15) is 15.1 Å². The topological polar surface area (TPSA) is 108 Å². The van der Waals surface area contributed by atoms with E-state index in [4.69, 9.17) is 5.26 Å². The van der Waals surface area contributed by atoms with Crippen LogP contribution in [0, 0.1) is 17.1 Å². The number of halogens is 1. The molecule has 10 heteroatoms. The number of rotatable bonds is 5. The summed E-state index contributed by atoms with van der Waals surface area (Å²) in [6.07, 6.45) is 2.55. The van der Waals surface area contributed by atoms with Crippen LogP contribution >= 0.6 is 0 Å². The third-order valence-corrected chi connectivity index (χ3v) is 5.84. The quantitative estimate of drug-likeness (QED) is 0.829. The smallest absolute Gasteiger partial charge is 0.246 e. The standard InChI is InChI=1S/C17H18FN5O3S/c1-2-23-16(7-8-20-23)22-9-3-4-15(17(22)24)21-27(25,26)13-5-6-14(18)12(10-13)11-19/h5-8,10,15,21H,2-4,9H2,1H3/t15-/m0/s1. The van der Waals surface area contributed by atoms with Crippen molar-refractivity contribution >= 4 is 21.7 Å². The van der Waals surface area contributed by atoms with Crippen molar-refractivity contribution in [2.75, 3.05) is 11.4 Å². The summed E-state index contributed by atoms with van der Waals surface area (Å²) in [5.41, 5.74) is -0.374. The van der Waals surface area contributed by atoms with E-state index in [1.807, 2.05) is 6.92 Å². The SMILES string of the molecule is CCn1nccc1N1CCC[C@H](NS(=O)(=O)c2ccc(F)c(C#N)c2)C1=O. The molecule has 2 aromatic rings. The highest BCUT2D eigenvalue weighted by molar-refractivity contribution is 7.89. The Labute approximate surface area is 156 Å². The number of nitriles is 1. The average molecular weight is 391 g/mol. The van der Waals surface area contributed by atoms with E-state index >= 15 is 0 Å². The van der Waals surface area contributed by atoms with Crippen LogP contribution in [0.3, 0.4) is 0 Å². The van der Waals surface area contributed by atoms with Gasteiger partial charge in [0.05, 0.1) is 16.7 Å². The lowest BCUT2D eigenvalue weighted by atomic mass is 10.1. The molecule has 0 spiro atoms. The molecule has 2 heterocycles. The molecule has 8 nitrogen and oxygen atoms in total. The van der Waals surface area contributed by atoms with Gasteiger partial charge >= 0.3 is 0 Å². The van der Waals surface area contributed by atoms with Crippen LogP contribution in [0.2, 0.25) is 0 Å². The molecule has 1 N–H and O–H groups in total. The molecule has 1 aromatic heterocycles. The lowest BCUT2D eigenvalue weighted by molar-refractivity contribution is -0.121. The van der Waals surface area contributed by atoms with Crippen LogP contribution in [0.25, 0.3) is 0 Å². The first-order valence-electron chi connectivity index (χ1n) is 8.42. The molecule has 1 saturated heterocycles. The summed E-state index contributed by atoms with van der Waals surface area (Å²) in [7, 11) is -4.09. The number of carbonyl (C=O) groups is 1. The van der Waals surface area contributed by atoms with E-state index in [0.717, 1.165) is 18.2 Å². The summed E-state index contributed by atoms with van der Waals surface area (Å²) in [6.45, 7) is 2.94. The highest BCUT2D eigenvalue weighted by Crippen LogP contribution is 2.22. The van der Waals surface area contributed by atoms with Gasteiger partial charge in [-0.05, 0) is 38.0 Å². The molecular formula is C17H18FN5O3S. The third-order valence-electron chi connectivity index (χ3n) is 4.37. The Kier molecular flexibility index (Phi) is 5.25. The maximum atomic E-state index is 13.5. The highest BCUT2D eigenvalue weighted by Gasteiger charge is 2.34. The number of nitrogens with one attached hydrogen (secondary N) is 1. The number of amides is 1. The fourth-order valence-electron chi connectivity index (χ4n) is 3.02. The second-order valence-corrected chi connectivity index (χ2v) is 7.78. The van der Waals surface area contributed by atoms with Gasteiger partial charge in [-0.15, -0.1) is 0 Å².